The van der Waals surface area contributed by atoms with Crippen LogP contribution in [0.5, 0.6) is 5.75 Å². The molecular weight excluding hydrogens is 414 g/mol. The van der Waals surface area contributed by atoms with Crippen LogP contribution in [0.3, 0.4) is 0 Å². The van der Waals surface area contributed by atoms with E-state index in [1.54, 1.807) is 0 Å². The molecule has 0 amide bonds. The Kier molecular flexibility index (Phi) is 6.60. The maximum Gasteiger partial charge on any atom is 0.508 e. The number of benzene rings is 1. The summed E-state index contributed by atoms with van der Waals surface area (Å²) in [6.07, 6.45) is -2.43. The van der Waals surface area contributed by atoms with Gasteiger partial charge in [0, 0.05) is 19.6 Å². The van der Waals surface area contributed by atoms with Crippen LogP contribution in [0.1, 0.15) is 5.56 Å². The van der Waals surface area contributed by atoms with Gasteiger partial charge in [0.05, 0.1) is 0 Å². The summed E-state index contributed by atoms with van der Waals surface area (Å²) in [5.74, 6) is 0.661. The first-order chi connectivity index (χ1) is 15.0. The SMILES string of the molecule is O=C1OCC(COc2ccc(CCN(CC3COC(=O)O3)CC3COC(=O)O3)cc2)O1. The van der Waals surface area contributed by atoms with Crippen molar-refractivity contribution in [2.45, 2.75) is 24.7 Å². The zero-order valence-electron chi connectivity index (χ0n) is 16.7. The van der Waals surface area contributed by atoms with Crippen molar-refractivity contribution in [1.29, 1.82) is 0 Å². The second-order valence-corrected chi connectivity index (χ2v) is 7.37. The highest BCUT2D eigenvalue weighted by Gasteiger charge is 2.31. The first-order valence-corrected chi connectivity index (χ1v) is 9.98. The van der Waals surface area contributed by atoms with Crippen LogP contribution < -0.4 is 4.74 Å². The fourth-order valence-electron chi connectivity index (χ4n) is 3.42. The highest BCUT2D eigenvalue weighted by molar-refractivity contribution is 5.62. The van der Waals surface area contributed by atoms with Gasteiger partial charge >= 0.3 is 18.5 Å². The number of ether oxygens (including phenoxy) is 7. The summed E-state index contributed by atoms with van der Waals surface area (Å²) >= 11 is 0. The summed E-state index contributed by atoms with van der Waals surface area (Å²) in [5.41, 5.74) is 1.08. The highest BCUT2D eigenvalue weighted by atomic mass is 16.8. The largest absolute Gasteiger partial charge is 0.508 e. The molecule has 4 rings (SSSR count). The number of hydrogen-bond donors (Lipinski definition) is 0. The van der Waals surface area contributed by atoms with Gasteiger partial charge in [0.2, 0.25) is 0 Å². The fraction of sp³-hybridized carbons (Fsp3) is 0.550. The number of carbonyl (C=O) groups is 3. The lowest BCUT2D eigenvalue weighted by Crippen LogP contribution is -2.40. The molecule has 11 heteroatoms. The van der Waals surface area contributed by atoms with Crippen molar-refractivity contribution < 1.29 is 47.5 Å². The van der Waals surface area contributed by atoms with Gasteiger partial charge in [0.1, 0.15) is 32.2 Å². The third-order valence-corrected chi connectivity index (χ3v) is 4.95. The van der Waals surface area contributed by atoms with Gasteiger partial charge < -0.3 is 33.2 Å². The Morgan fingerprint density at radius 3 is 1.77 bits per heavy atom. The predicted molar refractivity (Wildman–Crippen MR) is 101 cm³/mol. The number of rotatable bonds is 10. The maximum absolute atomic E-state index is 11.2. The number of hydrogen-bond acceptors (Lipinski definition) is 11. The molecule has 1 aromatic rings. The van der Waals surface area contributed by atoms with Gasteiger partial charge in [-0.25, -0.2) is 14.4 Å². The zero-order chi connectivity index (χ0) is 21.6. The van der Waals surface area contributed by atoms with E-state index in [0.717, 1.165) is 12.0 Å². The molecule has 3 aliphatic rings. The van der Waals surface area contributed by atoms with E-state index in [1.165, 1.54) is 0 Å². The lowest BCUT2D eigenvalue weighted by Gasteiger charge is -2.25. The molecule has 3 unspecified atom stereocenters. The molecule has 0 N–H and O–H groups in total. The van der Waals surface area contributed by atoms with E-state index in [2.05, 4.69) is 4.90 Å². The fourth-order valence-corrected chi connectivity index (χ4v) is 3.42. The van der Waals surface area contributed by atoms with Crippen molar-refractivity contribution in [3.63, 3.8) is 0 Å². The molecule has 3 fully saturated rings. The van der Waals surface area contributed by atoms with E-state index >= 15 is 0 Å². The van der Waals surface area contributed by atoms with Crippen molar-refractivity contribution in [1.82, 2.24) is 4.90 Å². The molecule has 3 atom stereocenters. The molecule has 0 aliphatic carbocycles. The number of carbonyl (C=O) groups excluding carboxylic acids is 3. The van der Waals surface area contributed by atoms with Crippen molar-refractivity contribution in [3.05, 3.63) is 29.8 Å². The molecule has 3 heterocycles. The molecule has 3 saturated heterocycles. The maximum atomic E-state index is 11.2. The summed E-state index contributed by atoms with van der Waals surface area (Å²) < 4.78 is 35.2. The molecular formula is C20H23NO10. The minimum Gasteiger partial charge on any atom is -0.490 e. The molecule has 0 radical (unpaired) electrons. The van der Waals surface area contributed by atoms with Crippen molar-refractivity contribution in [2.75, 3.05) is 46.1 Å². The molecule has 3 aliphatic heterocycles. The van der Waals surface area contributed by atoms with Crippen LogP contribution in [0.4, 0.5) is 14.4 Å². The van der Waals surface area contributed by atoms with Gasteiger partial charge in [-0.05, 0) is 24.1 Å². The molecule has 31 heavy (non-hydrogen) atoms. The molecule has 0 spiro atoms. The van der Waals surface area contributed by atoms with Crippen LogP contribution >= 0.6 is 0 Å². The average Bonchev–Trinajstić information content (AvgIpc) is 3.47. The van der Waals surface area contributed by atoms with E-state index < -0.39 is 24.6 Å². The lowest BCUT2D eigenvalue weighted by molar-refractivity contribution is 0.0761. The van der Waals surface area contributed by atoms with E-state index in [-0.39, 0.29) is 38.6 Å². The first kappa shape index (κ1) is 21.0. The quantitative estimate of drug-likeness (QED) is 0.391. The van der Waals surface area contributed by atoms with Gasteiger partial charge in [-0.3, -0.25) is 4.90 Å². The molecule has 0 aromatic heterocycles. The normalized spacial score (nSPS) is 24.8. The minimum absolute atomic E-state index is 0.190. The van der Waals surface area contributed by atoms with Gasteiger partial charge in [0.25, 0.3) is 0 Å². The van der Waals surface area contributed by atoms with Crippen LogP contribution in [-0.4, -0.2) is 87.7 Å². The molecule has 11 nitrogen and oxygen atoms in total. The van der Waals surface area contributed by atoms with Crippen LogP contribution in [0, 0.1) is 0 Å². The van der Waals surface area contributed by atoms with Crippen LogP contribution in [0.25, 0.3) is 0 Å². The number of cyclic esters (lactones) is 6. The van der Waals surface area contributed by atoms with Gasteiger partial charge in [-0.2, -0.15) is 0 Å². The lowest BCUT2D eigenvalue weighted by atomic mass is 10.1. The second kappa shape index (κ2) is 9.73. The Morgan fingerprint density at radius 2 is 1.29 bits per heavy atom. The van der Waals surface area contributed by atoms with E-state index in [1.807, 2.05) is 24.3 Å². The molecule has 0 saturated carbocycles. The van der Waals surface area contributed by atoms with Crippen LogP contribution in [0.15, 0.2) is 24.3 Å². The Labute approximate surface area is 178 Å². The monoisotopic (exact) mass is 437 g/mol. The first-order valence-electron chi connectivity index (χ1n) is 9.98. The molecule has 0 bridgehead atoms. The Hall–Kier alpha value is -3.21. The zero-order valence-corrected chi connectivity index (χ0v) is 16.7. The molecule has 1 aromatic carbocycles. The smallest absolute Gasteiger partial charge is 0.490 e. The van der Waals surface area contributed by atoms with Gasteiger partial charge in [-0.1, -0.05) is 12.1 Å². The van der Waals surface area contributed by atoms with Gasteiger partial charge in [0.15, 0.2) is 18.3 Å². The topological polar surface area (TPSA) is 119 Å². The Bertz CT molecular complexity index is 770. The molecule has 168 valence electrons. The summed E-state index contributed by atoms with van der Waals surface area (Å²) in [7, 11) is 0. The predicted octanol–water partition coefficient (Wildman–Crippen LogP) is 1.52. The van der Waals surface area contributed by atoms with E-state index in [0.29, 0.717) is 25.4 Å². The minimum atomic E-state index is -0.675. The Morgan fingerprint density at radius 1 is 0.774 bits per heavy atom. The summed E-state index contributed by atoms with van der Waals surface area (Å²) in [6.45, 7) is 2.38. The van der Waals surface area contributed by atoms with Gasteiger partial charge in [-0.15, -0.1) is 0 Å². The average molecular weight is 437 g/mol. The standard InChI is InChI=1S/C20H23NO10/c22-18-26-9-15(29-18)7-21(8-16-10-27-19(23)30-16)6-5-13-1-3-14(4-2-13)25-11-17-12-28-20(24)31-17/h1-4,15-17H,5-12H2. The third-order valence-electron chi connectivity index (χ3n) is 4.95. The van der Waals surface area contributed by atoms with Crippen molar-refractivity contribution in [2.24, 2.45) is 0 Å². The highest BCUT2D eigenvalue weighted by Crippen LogP contribution is 2.17. The van der Waals surface area contributed by atoms with Crippen molar-refractivity contribution in [3.8, 4) is 5.75 Å². The van der Waals surface area contributed by atoms with E-state index in [4.69, 9.17) is 33.2 Å². The summed E-state index contributed by atoms with van der Waals surface area (Å²) in [4.78, 5) is 35.4. The number of nitrogens with zero attached hydrogens (tertiary/aromatic N) is 1. The summed E-state index contributed by atoms with van der Waals surface area (Å²) in [6, 6.07) is 7.58. The van der Waals surface area contributed by atoms with Crippen LogP contribution in [0.2, 0.25) is 0 Å². The third kappa shape index (κ3) is 6.14. The second-order valence-electron chi connectivity index (χ2n) is 7.37. The van der Waals surface area contributed by atoms with Crippen LogP contribution in [-0.2, 0) is 34.8 Å². The van der Waals surface area contributed by atoms with E-state index in [9.17, 15) is 14.4 Å². The Balaban J connectivity index is 1.26. The summed E-state index contributed by atoms with van der Waals surface area (Å²) in [5, 5.41) is 0. The van der Waals surface area contributed by atoms with Crippen molar-refractivity contribution >= 4 is 18.5 Å².